The summed E-state index contributed by atoms with van der Waals surface area (Å²) in [5.41, 5.74) is 1.37. The van der Waals surface area contributed by atoms with Gasteiger partial charge in [-0.1, -0.05) is 29.8 Å². The smallest absolute Gasteiger partial charge is 0.285 e. The lowest BCUT2D eigenvalue weighted by atomic mass is 10.1. The molecule has 1 aromatic heterocycles. The van der Waals surface area contributed by atoms with Gasteiger partial charge in [0.1, 0.15) is 10.8 Å². The van der Waals surface area contributed by atoms with Crippen molar-refractivity contribution in [3.8, 4) is 5.75 Å². The molecule has 0 unspecified atom stereocenters. The number of aromatic nitrogens is 2. The molecule has 6 nitrogen and oxygen atoms in total. The summed E-state index contributed by atoms with van der Waals surface area (Å²) in [5.74, 6) is 0.844. The zero-order valence-electron chi connectivity index (χ0n) is 13.5. The Morgan fingerprint density at radius 3 is 2.83 bits per heavy atom. The van der Waals surface area contributed by atoms with E-state index < -0.39 is 0 Å². The number of H-pyrrole nitrogens is 1. The number of anilines is 1. The summed E-state index contributed by atoms with van der Waals surface area (Å²) in [6.45, 7) is 2.09. The second-order valence-corrected chi connectivity index (χ2v) is 6.09. The van der Waals surface area contributed by atoms with Gasteiger partial charge in [-0.2, -0.15) is 5.10 Å². The second kappa shape index (κ2) is 7.68. The van der Waals surface area contributed by atoms with Crippen LogP contribution in [0.4, 0.5) is 5.69 Å². The zero-order valence-corrected chi connectivity index (χ0v) is 14.3. The van der Waals surface area contributed by atoms with E-state index >= 15 is 0 Å². The monoisotopic (exact) mass is 349 g/mol. The van der Waals surface area contributed by atoms with Gasteiger partial charge in [0.2, 0.25) is 0 Å². The Bertz CT molecular complexity index is 742. The predicted octanol–water partition coefficient (Wildman–Crippen LogP) is 2.62. The van der Waals surface area contributed by atoms with Crippen molar-refractivity contribution in [1.29, 1.82) is 0 Å². The molecular formula is C17H20ClN3O3. The average molecular weight is 350 g/mol. The maximum absolute atomic E-state index is 11.6. The lowest BCUT2D eigenvalue weighted by Crippen LogP contribution is -2.37. The first kappa shape index (κ1) is 16.8. The third kappa shape index (κ3) is 3.71. The number of benzene rings is 1. The van der Waals surface area contributed by atoms with Gasteiger partial charge in [0, 0.05) is 18.7 Å². The van der Waals surface area contributed by atoms with Crippen LogP contribution in [-0.4, -0.2) is 36.5 Å². The Labute approximate surface area is 145 Å². The number of hydrogen-bond acceptors (Lipinski definition) is 5. The van der Waals surface area contributed by atoms with Gasteiger partial charge in [0.05, 0.1) is 31.7 Å². The summed E-state index contributed by atoms with van der Waals surface area (Å²) in [6, 6.07) is 7.87. The molecule has 1 aromatic carbocycles. The van der Waals surface area contributed by atoms with Crippen molar-refractivity contribution in [3.63, 3.8) is 0 Å². The van der Waals surface area contributed by atoms with Crippen molar-refractivity contribution >= 4 is 17.3 Å². The minimum absolute atomic E-state index is 0.180. The Balaban J connectivity index is 1.56. The van der Waals surface area contributed by atoms with Crippen LogP contribution in [-0.2, 0) is 11.3 Å². The zero-order chi connectivity index (χ0) is 16.9. The molecule has 0 atom stereocenters. The molecule has 1 aliphatic rings. The van der Waals surface area contributed by atoms with Crippen molar-refractivity contribution in [2.75, 3.05) is 25.1 Å². The Morgan fingerprint density at radius 1 is 1.33 bits per heavy atom. The fraction of sp³-hybridized carbons (Fsp3) is 0.412. The van der Waals surface area contributed by atoms with Gasteiger partial charge in [0.15, 0.2) is 0 Å². The largest absolute Gasteiger partial charge is 0.496 e. The van der Waals surface area contributed by atoms with Gasteiger partial charge < -0.3 is 14.4 Å². The van der Waals surface area contributed by atoms with Gasteiger partial charge in [-0.25, -0.2) is 5.10 Å². The van der Waals surface area contributed by atoms with Crippen molar-refractivity contribution in [1.82, 2.24) is 10.2 Å². The number of nitrogens with one attached hydrogen (secondary N) is 1. The van der Waals surface area contributed by atoms with Gasteiger partial charge in [-0.3, -0.25) is 4.79 Å². The molecule has 0 bridgehead atoms. The van der Waals surface area contributed by atoms with Crippen LogP contribution in [0, 0.1) is 0 Å². The number of rotatable bonds is 5. The van der Waals surface area contributed by atoms with Crippen molar-refractivity contribution in [3.05, 3.63) is 51.4 Å². The summed E-state index contributed by atoms with van der Waals surface area (Å²) >= 11 is 6.07. The third-order valence-corrected chi connectivity index (χ3v) is 4.59. The summed E-state index contributed by atoms with van der Waals surface area (Å²) in [6.07, 6.45) is 3.52. The van der Waals surface area contributed by atoms with Crippen molar-refractivity contribution in [2.24, 2.45) is 0 Å². The number of ether oxygens (including phenoxy) is 2. The molecule has 0 spiro atoms. The molecule has 0 saturated carbocycles. The van der Waals surface area contributed by atoms with E-state index in [9.17, 15) is 4.79 Å². The maximum Gasteiger partial charge on any atom is 0.285 e. The van der Waals surface area contributed by atoms with Gasteiger partial charge in [-0.05, 0) is 18.9 Å². The molecule has 2 heterocycles. The Kier molecular flexibility index (Phi) is 5.37. The molecular weight excluding hydrogens is 330 g/mol. The number of methoxy groups -OCH3 is 1. The Morgan fingerprint density at radius 2 is 2.08 bits per heavy atom. The molecule has 2 aromatic rings. The van der Waals surface area contributed by atoms with Crippen molar-refractivity contribution in [2.45, 2.75) is 25.6 Å². The average Bonchev–Trinajstić information content (AvgIpc) is 2.63. The van der Waals surface area contributed by atoms with Crippen LogP contribution in [0.1, 0.15) is 18.4 Å². The third-order valence-electron chi connectivity index (χ3n) is 4.23. The highest BCUT2D eigenvalue weighted by atomic mass is 35.5. The molecule has 128 valence electrons. The maximum atomic E-state index is 11.6. The van der Waals surface area contributed by atoms with Crippen LogP contribution < -0.4 is 15.2 Å². The lowest BCUT2D eigenvalue weighted by molar-refractivity contribution is 0.0242. The fourth-order valence-corrected chi connectivity index (χ4v) is 3.10. The van der Waals surface area contributed by atoms with E-state index in [4.69, 9.17) is 21.1 Å². The van der Waals surface area contributed by atoms with Gasteiger partial charge in [0.25, 0.3) is 5.56 Å². The fourth-order valence-electron chi connectivity index (χ4n) is 2.89. The number of piperidine rings is 1. The normalized spacial score (nSPS) is 15.5. The number of halogens is 1. The van der Waals surface area contributed by atoms with E-state index in [0.29, 0.717) is 12.3 Å². The van der Waals surface area contributed by atoms with Crippen LogP contribution in [0.3, 0.4) is 0 Å². The minimum Gasteiger partial charge on any atom is -0.496 e. The molecule has 0 amide bonds. The van der Waals surface area contributed by atoms with Crippen LogP contribution in [0.25, 0.3) is 0 Å². The summed E-state index contributed by atoms with van der Waals surface area (Å²) in [7, 11) is 1.66. The summed E-state index contributed by atoms with van der Waals surface area (Å²) < 4.78 is 11.4. The predicted molar refractivity (Wildman–Crippen MR) is 92.9 cm³/mol. The molecule has 7 heteroatoms. The van der Waals surface area contributed by atoms with E-state index in [-0.39, 0.29) is 16.7 Å². The highest BCUT2D eigenvalue weighted by Crippen LogP contribution is 2.26. The molecule has 24 heavy (non-hydrogen) atoms. The van der Waals surface area contributed by atoms with Crippen LogP contribution in [0.5, 0.6) is 5.75 Å². The van der Waals surface area contributed by atoms with E-state index in [1.807, 2.05) is 24.3 Å². The SMILES string of the molecule is COc1ccccc1COC1CCN(c2cn[nH]c(=O)c2Cl)CC1. The van der Waals surface area contributed by atoms with Crippen LogP contribution >= 0.6 is 11.6 Å². The van der Waals surface area contributed by atoms with E-state index in [1.54, 1.807) is 13.3 Å². The van der Waals surface area contributed by atoms with Gasteiger partial charge >= 0.3 is 0 Å². The molecule has 1 fully saturated rings. The van der Waals surface area contributed by atoms with E-state index in [0.717, 1.165) is 37.2 Å². The van der Waals surface area contributed by atoms with Gasteiger partial charge in [-0.15, -0.1) is 0 Å². The number of nitrogens with zero attached hydrogens (tertiary/aromatic N) is 2. The van der Waals surface area contributed by atoms with E-state index in [2.05, 4.69) is 15.1 Å². The number of aromatic amines is 1. The van der Waals surface area contributed by atoms with Crippen LogP contribution in [0.15, 0.2) is 35.3 Å². The first-order valence-corrected chi connectivity index (χ1v) is 8.28. The highest BCUT2D eigenvalue weighted by molar-refractivity contribution is 6.32. The lowest BCUT2D eigenvalue weighted by Gasteiger charge is -2.33. The molecule has 1 saturated heterocycles. The first-order valence-electron chi connectivity index (χ1n) is 7.90. The molecule has 1 N–H and O–H groups in total. The number of hydrogen-bond donors (Lipinski definition) is 1. The molecule has 1 aliphatic heterocycles. The van der Waals surface area contributed by atoms with E-state index in [1.165, 1.54) is 0 Å². The standard InChI is InChI=1S/C17H20ClN3O3/c1-23-15-5-3-2-4-12(15)11-24-13-6-8-21(9-7-13)14-10-19-20-17(22)16(14)18/h2-5,10,13H,6-9,11H2,1H3,(H,20,22). The summed E-state index contributed by atoms with van der Waals surface area (Å²) in [4.78, 5) is 13.6. The van der Waals surface area contributed by atoms with Crippen LogP contribution in [0.2, 0.25) is 5.02 Å². The highest BCUT2D eigenvalue weighted by Gasteiger charge is 2.22. The topological polar surface area (TPSA) is 67.5 Å². The summed E-state index contributed by atoms with van der Waals surface area (Å²) in [5, 5.41) is 6.35. The molecule has 3 rings (SSSR count). The number of para-hydroxylation sites is 1. The first-order chi connectivity index (χ1) is 11.7. The molecule has 0 aliphatic carbocycles. The minimum atomic E-state index is -0.358. The quantitative estimate of drug-likeness (QED) is 0.898. The van der Waals surface area contributed by atoms with Crippen molar-refractivity contribution < 1.29 is 9.47 Å². The second-order valence-electron chi connectivity index (χ2n) is 5.71. The Hall–Kier alpha value is -2.05. The molecule has 0 radical (unpaired) electrons.